The minimum atomic E-state index is 0.0615. The van der Waals surface area contributed by atoms with Gasteiger partial charge >= 0.3 is 0 Å². The number of nitrogens with zero attached hydrogens (tertiary/aromatic N) is 1. The summed E-state index contributed by atoms with van der Waals surface area (Å²) in [6, 6.07) is 1.85. The van der Waals surface area contributed by atoms with Crippen LogP contribution in [-0.2, 0) is 11.2 Å². The number of aromatic nitrogens is 1. The van der Waals surface area contributed by atoms with Crippen LogP contribution in [0.15, 0.2) is 18.5 Å². The average molecular weight is 209 g/mol. The highest BCUT2D eigenvalue weighted by Crippen LogP contribution is 2.12. The molecular formula is C11H19N3O. The van der Waals surface area contributed by atoms with E-state index < -0.39 is 0 Å². The third kappa shape index (κ3) is 3.85. The molecule has 15 heavy (non-hydrogen) atoms. The van der Waals surface area contributed by atoms with Crippen molar-refractivity contribution in [1.29, 1.82) is 0 Å². The van der Waals surface area contributed by atoms with E-state index in [0.29, 0.717) is 0 Å². The van der Waals surface area contributed by atoms with Crippen LogP contribution in [0.5, 0.6) is 0 Å². The number of pyridine rings is 1. The fourth-order valence-electron chi connectivity index (χ4n) is 1.50. The smallest absolute Gasteiger partial charge is 0.0558 e. The Morgan fingerprint density at radius 1 is 1.53 bits per heavy atom. The Labute approximate surface area is 90.6 Å². The lowest BCUT2D eigenvalue weighted by atomic mass is 10.0. The van der Waals surface area contributed by atoms with Crippen LogP contribution in [0, 0.1) is 0 Å². The van der Waals surface area contributed by atoms with Gasteiger partial charge in [-0.25, -0.2) is 0 Å². The third-order valence-corrected chi connectivity index (χ3v) is 2.46. The summed E-state index contributed by atoms with van der Waals surface area (Å²) in [5.74, 6) is 0. The van der Waals surface area contributed by atoms with Crippen molar-refractivity contribution >= 4 is 5.69 Å². The third-order valence-electron chi connectivity index (χ3n) is 2.46. The molecule has 2 unspecified atom stereocenters. The van der Waals surface area contributed by atoms with Gasteiger partial charge in [-0.3, -0.25) is 4.98 Å². The van der Waals surface area contributed by atoms with Gasteiger partial charge in [0, 0.05) is 31.2 Å². The zero-order valence-electron chi connectivity index (χ0n) is 9.31. The molecule has 0 saturated heterocycles. The quantitative estimate of drug-likeness (QED) is 0.757. The van der Waals surface area contributed by atoms with Crippen LogP contribution in [-0.4, -0.2) is 24.2 Å². The maximum Gasteiger partial charge on any atom is 0.0558 e. The van der Waals surface area contributed by atoms with Gasteiger partial charge in [-0.1, -0.05) is 0 Å². The van der Waals surface area contributed by atoms with Crippen molar-refractivity contribution < 1.29 is 4.74 Å². The van der Waals surface area contributed by atoms with E-state index in [4.69, 9.17) is 16.2 Å². The molecule has 1 aromatic heterocycles. The van der Waals surface area contributed by atoms with E-state index in [9.17, 15) is 0 Å². The van der Waals surface area contributed by atoms with Crippen LogP contribution in [0.4, 0.5) is 5.69 Å². The number of anilines is 1. The first-order chi connectivity index (χ1) is 7.13. The Morgan fingerprint density at radius 2 is 2.27 bits per heavy atom. The number of nitrogen functional groups attached to an aromatic ring is 1. The fraction of sp³-hybridized carbons (Fsp3) is 0.545. The SMILES string of the molecule is COC(C)CC(N)Cc1cnccc1N. The summed E-state index contributed by atoms with van der Waals surface area (Å²) in [4.78, 5) is 4.03. The molecule has 4 nitrogen and oxygen atoms in total. The monoisotopic (exact) mass is 209 g/mol. The second-order valence-electron chi connectivity index (χ2n) is 3.82. The number of nitrogens with two attached hydrogens (primary N) is 2. The topological polar surface area (TPSA) is 74.2 Å². The van der Waals surface area contributed by atoms with Crippen LogP contribution < -0.4 is 11.5 Å². The summed E-state index contributed by atoms with van der Waals surface area (Å²) in [6.45, 7) is 2.01. The second-order valence-corrected chi connectivity index (χ2v) is 3.82. The lowest BCUT2D eigenvalue weighted by molar-refractivity contribution is 0.104. The molecule has 4 N–H and O–H groups in total. The number of methoxy groups -OCH3 is 1. The molecule has 4 heteroatoms. The Morgan fingerprint density at radius 3 is 2.87 bits per heavy atom. The van der Waals surface area contributed by atoms with Crippen LogP contribution in [0.2, 0.25) is 0 Å². The van der Waals surface area contributed by atoms with Gasteiger partial charge in [0.05, 0.1) is 6.10 Å². The molecule has 0 amide bonds. The predicted molar refractivity (Wildman–Crippen MR) is 61.4 cm³/mol. The molecule has 0 spiro atoms. The summed E-state index contributed by atoms with van der Waals surface area (Å²) in [5, 5.41) is 0. The molecule has 0 aliphatic heterocycles. The molecule has 1 rings (SSSR count). The first-order valence-corrected chi connectivity index (χ1v) is 5.10. The molecule has 1 aromatic rings. The summed E-state index contributed by atoms with van der Waals surface area (Å²) in [6.07, 6.45) is 5.20. The Hall–Kier alpha value is -1.13. The summed E-state index contributed by atoms with van der Waals surface area (Å²) in [5.41, 5.74) is 13.6. The molecular weight excluding hydrogens is 190 g/mol. The predicted octanol–water partition coefficient (Wildman–Crippen LogP) is 0.959. The molecule has 1 heterocycles. The van der Waals surface area contributed by atoms with Crippen molar-refractivity contribution in [3.63, 3.8) is 0 Å². The van der Waals surface area contributed by atoms with E-state index in [2.05, 4.69) is 4.98 Å². The first kappa shape index (κ1) is 11.9. The van der Waals surface area contributed by atoms with E-state index in [0.717, 1.165) is 24.1 Å². The Kier molecular flexibility index (Phi) is 4.52. The van der Waals surface area contributed by atoms with Gasteiger partial charge < -0.3 is 16.2 Å². The maximum atomic E-state index is 5.99. The van der Waals surface area contributed by atoms with E-state index in [1.165, 1.54) is 0 Å². The zero-order chi connectivity index (χ0) is 11.3. The summed E-state index contributed by atoms with van der Waals surface area (Å²) < 4.78 is 5.16. The molecule has 0 bridgehead atoms. The molecule has 0 aliphatic rings. The van der Waals surface area contributed by atoms with Crippen molar-refractivity contribution in [2.24, 2.45) is 5.73 Å². The fourth-order valence-corrected chi connectivity index (χ4v) is 1.50. The molecule has 0 saturated carbocycles. The second kappa shape index (κ2) is 5.68. The minimum absolute atomic E-state index is 0.0615. The molecule has 0 aliphatic carbocycles. The molecule has 0 aromatic carbocycles. The zero-order valence-corrected chi connectivity index (χ0v) is 9.31. The lowest BCUT2D eigenvalue weighted by Gasteiger charge is -2.16. The Bertz CT molecular complexity index is 304. The largest absolute Gasteiger partial charge is 0.398 e. The van der Waals surface area contributed by atoms with Crippen molar-refractivity contribution in [2.75, 3.05) is 12.8 Å². The van der Waals surface area contributed by atoms with Crippen molar-refractivity contribution in [2.45, 2.75) is 31.9 Å². The summed E-state index contributed by atoms with van der Waals surface area (Å²) >= 11 is 0. The van der Waals surface area contributed by atoms with Crippen molar-refractivity contribution in [3.05, 3.63) is 24.0 Å². The average Bonchev–Trinajstić information content (AvgIpc) is 2.21. The van der Waals surface area contributed by atoms with Crippen LogP contribution >= 0.6 is 0 Å². The van der Waals surface area contributed by atoms with Gasteiger partial charge in [0.1, 0.15) is 0 Å². The molecule has 0 fully saturated rings. The van der Waals surface area contributed by atoms with Gasteiger partial charge in [0.25, 0.3) is 0 Å². The number of hydrogen-bond acceptors (Lipinski definition) is 4. The van der Waals surface area contributed by atoms with Gasteiger partial charge in [-0.15, -0.1) is 0 Å². The van der Waals surface area contributed by atoms with E-state index in [-0.39, 0.29) is 12.1 Å². The van der Waals surface area contributed by atoms with Crippen molar-refractivity contribution in [3.8, 4) is 0 Å². The van der Waals surface area contributed by atoms with E-state index >= 15 is 0 Å². The molecule has 2 atom stereocenters. The molecule has 0 radical (unpaired) electrons. The van der Waals surface area contributed by atoms with Crippen LogP contribution in [0.3, 0.4) is 0 Å². The highest BCUT2D eigenvalue weighted by molar-refractivity contribution is 5.44. The van der Waals surface area contributed by atoms with Gasteiger partial charge in [-0.2, -0.15) is 0 Å². The highest BCUT2D eigenvalue weighted by atomic mass is 16.5. The van der Waals surface area contributed by atoms with Gasteiger partial charge in [0.2, 0.25) is 0 Å². The Balaban J connectivity index is 2.51. The number of rotatable bonds is 5. The minimum Gasteiger partial charge on any atom is -0.398 e. The van der Waals surface area contributed by atoms with Crippen LogP contribution in [0.25, 0.3) is 0 Å². The van der Waals surface area contributed by atoms with E-state index in [1.54, 1.807) is 25.6 Å². The molecule has 84 valence electrons. The van der Waals surface area contributed by atoms with Gasteiger partial charge in [-0.05, 0) is 31.4 Å². The first-order valence-electron chi connectivity index (χ1n) is 5.10. The number of hydrogen-bond donors (Lipinski definition) is 2. The van der Waals surface area contributed by atoms with E-state index in [1.807, 2.05) is 6.92 Å². The van der Waals surface area contributed by atoms with Crippen LogP contribution in [0.1, 0.15) is 18.9 Å². The normalized spacial score (nSPS) is 14.9. The lowest BCUT2D eigenvalue weighted by Crippen LogP contribution is -2.28. The highest BCUT2D eigenvalue weighted by Gasteiger charge is 2.10. The summed E-state index contributed by atoms with van der Waals surface area (Å²) in [7, 11) is 1.69. The number of ether oxygens (including phenoxy) is 1. The standard InChI is InChI=1S/C11H19N3O/c1-8(15-2)5-10(12)6-9-7-14-4-3-11(9)13/h3-4,7-8,10H,5-6,12H2,1-2H3,(H2,13,14). The maximum absolute atomic E-state index is 5.99. The van der Waals surface area contributed by atoms with Crippen molar-refractivity contribution in [1.82, 2.24) is 4.98 Å². The van der Waals surface area contributed by atoms with Gasteiger partial charge in [0.15, 0.2) is 0 Å².